The number of hydrogen-bond acceptors (Lipinski definition) is 8. The van der Waals surface area contributed by atoms with Crippen molar-refractivity contribution >= 4 is 28.9 Å². The number of alkyl halides is 1. The third-order valence-corrected chi connectivity index (χ3v) is 4.96. The monoisotopic (exact) mass is 429 g/mol. The van der Waals surface area contributed by atoms with Crippen molar-refractivity contribution in [2.24, 2.45) is 0 Å². The second kappa shape index (κ2) is 8.36. The minimum absolute atomic E-state index is 0.155. The molecule has 3 heterocycles. The lowest BCUT2D eigenvalue weighted by atomic mass is 10.00. The molecule has 1 aliphatic heterocycles. The number of aliphatic hydroxyl groups excluding tert-OH is 1. The summed E-state index contributed by atoms with van der Waals surface area (Å²) >= 11 is 0. The van der Waals surface area contributed by atoms with E-state index in [0.29, 0.717) is 5.56 Å². The third kappa shape index (κ3) is 3.97. The van der Waals surface area contributed by atoms with Gasteiger partial charge in [-0.3, -0.25) is 14.2 Å². The summed E-state index contributed by atoms with van der Waals surface area (Å²) in [5, 5.41) is 12.7. The number of fused-ring (bicyclic) bond motifs is 1. The van der Waals surface area contributed by atoms with Gasteiger partial charge >= 0.3 is 5.97 Å². The minimum atomic E-state index is -1.88. The van der Waals surface area contributed by atoms with Gasteiger partial charge < -0.3 is 19.9 Å². The van der Waals surface area contributed by atoms with Gasteiger partial charge in [-0.2, -0.15) is 0 Å². The molecular formula is C20H20FN5O5. The average molecular weight is 429 g/mol. The Morgan fingerprint density at radius 3 is 2.68 bits per heavy atom. The number of rotatable bonds is 4. The molecule has 1 saturated heterocycles. The molecule has 0 aliphatic carbocycles. The average Bonchev–Trinajstić information content (AvgIpc) is 3.19. The molecule has 10 nitrogen and oxygen atoms in total. The van der Waals surface area contributed by atoms with Crippen molar-refractivity contribution in [3.63, 3.8) is 0 Å². The number of halogens is 1. The van der Waals surface area contributed by atoms with E-state index in [0.717, 1.165) is 6.92 Å². The SMILES string of the molecule is CC(=O)O[C@@H]1[C@@H](F)[C@H](O)[C@@H](C)O[C@H]1n1cnc2c(NC(=O)c3ccccc3)ncnc21. The van der Waals surface area contributed by atoms with E-state index in [2.05, 4.69) is 20.3 Å². The fourth-order valence-corrected chi connectivity index (χ4v) is 3.43. The number of aromatic nitrogens is 4. The summed E-state index contributed by atoms with van der Waals surface area (Å²) in [6.07, 6.45) is -4.22. The Morgan fingerprint density at radius 2 is 1.97 bits per heavy atom. The lowest BCUT2D eigenvalue weighted by molar-refractivity contribution is -0.233. The molecule has 0 saturated carbocycles. The van der Waals surface area contributed by atoms with Crippen LogP contribution in [0.15, 0.2) is 43.0 Å². The third-order valence-electron chi connectivity index (χ3n) is 4.96. The Bertz CT molecular complexity index is 1110. The maximum atomic E-state index is 14.8. The Balaban J connectivity index is 1.69. The van der Waals surface area contributed by atoms with E-state index in [1.807, 2.05) is 0 Å². The maximum Gasteiger partial charge on any atom is 0.303 e. The molecule has 0 bridgehead atoms. The van der Waals surface area contributed by atoms with Gasteiger partial charge in [0, 0.05) is 12.5 Å². The molecular weight excluding hydrogens is 409 g/mol. The number of ether oxygens (including phenoxy) is 2. The lowest BCUT2D eigenvalue weighted by Crippen LogP contribution is -2.54. The van der Waals surface area contributed by atoms with E-state index in [9.17, 15) is 19.1 Å². The summed E-state index contributed by atoms with van der Waals surface area (Å²) < 4.78 is 27.0. The van der Waals surface area contributed by atoms with Gasteiger partial charge in [-0.25, -0.2) is 19.3 Å². The Kier molecular flexibility index (Phi) is 5.61. The van der Waals surface area contributed by atoms with Crippen LogP contribution >= 0.6 is 0 Å². The quantitative estimate of drug-likeness (QED) is 0.599. The summed E-state index contributed by atoms with van der Waals surface area (Å²) in [7, 11) is 0. The molecule has 5 atom stereocenters. The van der Waals surface area contributed by atoms with Crippen LogP contribution in [0.5, 0.6) is 0 Å². The van der Waals surface area contributed by atoms with Crippen molar-refractivity contribution < 1.29 is 28.6 Å². The maximum absolute atomic E-state index is 14.8. The summed E-state index contributed by atoms with van der Waals surface area (Å²) in [4.78, 5) is 36.5. The molecule has 1 aliphatic rings. The van der Waals surface area contributed by atoms with Gasteiger partial charge in [-0.1, -0.05) is 18.2 Å². The first-order chi connectivity index (χ1) is 14.9. The van der Waals surface area contributed by atoms with E-state index in [-0.39, 0.29) is 22.9 Å². The number of aliphatic hydroxyl groups is 1. The molecule has 2 N–H and O–H groups in total. The predicted molar refractivity (Wildman–Crippen MR) is 106 cm³/mol. The zero-order chi connectivity index (χ0) is 22.1. The number of esters is 1. The number of imidazole rings is 1. The number of carbonyl (C=O) groups excluding carboxylic acids is 2. The number of benzene rings is 1. The standard InChI is InChI=1S/C20H20FN5O5/c1-10-15(28)13(21)16(31-11(2)27)20(30-10)26-9-24-14-17(22-8-23-18(14)26)25-19(29)12-6-4-3-5-7-12/h3-10,13,15-16,20,28H,1-2H3,(H,22,23,25,29)/t10-,13+,15-,16-,20-/m1/s1. The molecule has 11 heteroatoms. The van der Waals surface area contributed by atoms with Crippen molar-refractivity contribution in [2.75, 3.05) is 5.32 Å². The molecule has 4 rings (SSSR count). The highest BCUT2D eigenvalue weighted by atomic mass is 19.1. The van der Waals surface area contributed by atoms with Crippen molar-refractivity contribution in [3.05, 3.63) is 48.5 Å². The van der Waals surface area contributed by atoms with Crippen LogP contribution in [0.2, 0.25) is 0 Å². The van der Waals surface area contributed by atoms with Gasteiger partial charge in [-0.05, 0) is 19.1 Å². The molecule has 0 unspecified atom stereocenters. The highest BCUT2D eigenvalue weighted by Gasteiger charge is 2.47. The zero-order valence-electron chi connectivity index (χ0n) is 16.7. The largest absolute Gasteiger partial charge is 0.454 e. The second-order valence-corrected chi connectivity index (χ2v) is 7.11. The molecule has 1 fully saturated rings. The fraction of sp³-hybridized carbons (Fsp3) is 0.350. The van der Waals surface area contributed by atoms with E-state index in [1.165, 1.54) is 24.1 Å². The van der Waals surface area contributed by atoms with Crippen LogP contribution in [0.3, 0.4) is 0 Å². The number of hydrogen-bond donors (Lipinski definition) is 2. The minimum Gasteiger partial charge on any atom is -0.454 e. The molecule has 2 aromatic heterocycles. The number of amides is 1. The summed E-state index contributed by atoms with van der Waals surface area (Å²) in [6, 6.07) is 8.57. The first kappa shape index (κ1) is 20.8. The van der Waals surface area contributed by atoms with Gasteiger partial charge in [0.15, 0.2) is 35.5 Å². The molecule has 0 spiro atoms. The fourth-order valence-electron chi connectivity index (χ4n) is 3.43. The van der Waals surface area contributed by atoms with Crippen LogP contribution in [0.1, 0.15) is 30.4 Å². The predicted octanol–water partition coefficient (Wildman–Crippen LogP) is 1.63. The van der Waals surface area contributed by atoms with E-state index >= 15 is 0 Å². The topological polar surface area (TPSA) is 128 Å². The summed E-state index contributed by atoms with van der Waals surface area (Å²) in [6.45, 7) is 2.65. The highest BCUT2D eigenvalue weighted by Crippen LogP contribution is 2.34. The normalized spacial score (nSPS) is 25.9. The number of anilines is 1. The van der Waals surface area contributed by atoms with Gasteiger partial charge in [0.25, 0.3) is 5.91 Å². The van der Waals surface area contributed by atoms with Crippen LogP contribution in [-0.4, -0.2) is 61.0 Å². The Labute approximate surface area is 176 Å². The van der Waals surface area contributed by atoms with Crippen molar-refractivity contribution in [3.8, 4) is 0 Å². The molecule has 31 heavy (non-hydrogen) atoms. The van der Waals surface area contributed by atoms with Crippen LogP contribution in [0, 0.1) is 0 Å². The lowest BCUT2D eigenvalue weighted by Gasteiger charge is -2.40. The van der Waals surface area contributed by atoms with Gasteiger partial charge in [0.05, 0.1) is 12.4 Å². The number of nitrogens with zero attached hydrogens (tertiary/aromatic N) is 4. The van der Waals surface area contributed by atoms with Crippen LogP contribution in [-0.2, 0) is 14.3 Å². The first-order valence-corrected chi connectivity index (χ1v) is 9.55. The smallest absolute Gasteiger partial charge is 0.303 e. The van der Waals surface area contributed by atoms with E-state index < -0.39 is 36.7 Å². The first-order valence-electron chi connectivity index (χ1n) is 9.55. The Morgan fingerprint density at radius 1 is 1.23 bits per heavy atom. The summed E-state index contributed by atoms with van der Waals surface area (Å²) in [5.74, 6) is -0.956. The van der Waals surface area contributed by atoms with E-state index in [1.54, 1.807) is 30.3 Å². The van der Waals surface area contributed by atoms with Crippen molar-refractivity contribution in [1.82, 2.24) is 19.5 Å². The number of nitrogens with one attached hydrogen (secondary N) is 1. The molecule has 162 valence electrons. The zero-order valence-corrected chi connectivity index (χ0v) is 16.7. The number of carbonyl (C=O) groups is 2. The van der Waals surface area contributed by atoms with Crippen LogP contribution in [0.4, 0.5) is 10.2 Å². The Hall–Kier alpha value is -3.44. The summed E-state index contributed by atoms with van der Waals surface area (Å²) in [5.41, 5.74) is 0.907. The van der Waals surface area contributed by atoms with Crippen molar-refractivity contribution in [1.29, 1.82) is 0 Å². The second-order valence-electron chi connectivity index (χ2n) is 7.11. The molecule has 1 amide bonds. The highest BCUT2D eigenvalue weighted by molar-refractivity contribution is 6.06. The van der Waals surface area contributed by atoms with Gasteiger partial charge in [0.1, 0.15) is 12.4 Å². The van der Waals surface area contributed by atoms with Crippen LogP contribution < -0.4 is 5.32 Å². The van der Waals surface area contributed by atoms with Gasteiger partial charge in [0.2, 0.25) is 0 Å². The molecule has 1 aromatic carbocycles. The molecule has 0 radical (unpaired) electrons. The van der Waals surface area contributed by atoms with Crippen LogP contribution in [0.25, 0.3) is 11.2 Å². The van der Waals surface area contributed by atoms with Crippen molar-refractivity contribution in [2.45, 2.75) is 44.6 Å². The molecule has 3 aromatic rings. The van der Waals surface area contributed by atoms with Gasteiger partial charge in [-0.15, -0.1) is 0 Å². The van der Waals surface area contributed by atoms with E-state index in [4.69, 9.17) is 9.47 Å².